The van der Waals surface area contributed by atoms with Crippen molar-refractivity contribution in [2.45, 2.75) is 11.9 Å². The fourth-order valence-electron chi connectivity index (χ4n) is 1.26. The van der Waals surface area contributed by atoms with Gasteiger partial charge in [-0.05, 0) is 18.2 Å². The number of halogens is 2. The van der Waals surface area contributed by atoms with Crippen molar-refractivity contribution in [3.8, 4) is 5.75 Å². The first-order valence-corrected chi connectivity index (χ1v) is 6.64. The molecule has 0 aliphatic heterocycles. The van der Waals surface area contributed by atoms with E-state index in [9.17, 15) is 4.39 Å². The standard InChI is InChI=1S/C11H9BrFNOS/c12-4-8-3-9(13)1-2-11(8)15-6-10-5-14-7-16-10/h1-3,5,7H,4,6H2. The summed E-state index contributed by atoms with van der Waals surface area (Å²) in [6.07, 6.45) is 1.77. The number of hydrogen-bond acceptors (Lipinski definition) is 3. The Labute approximate surface area is 105 Å². The molecule has 1 aromatic carbocycles. The molecule has 0 saturated heterocycles. The van der Waals surface area contributed by atoms with Gasteiger partial charge in [0.2, 0.25) is 0 Å². The number of nitrogens with zero attached hydrogens (tertiary/aromatic N) is 1. The predicted octanol–water partition coefficient (Wildman–Crippen LogP) is 3.76. The third-order valence-electron chi connectivity index (χ3n) is 2.02. The molecular formula is C11H9BrFNOS. The lowest BCUT2D eigenvalue weighted by Gasteiger charge is -2.08. The van der Waals surface area contributed by atoms with E-state index in [0.717, 1.165) is 10.4 Å². The summed E-state index contributed by atoms with van der Waals surface area (Å²) < 4.78 is 18.6. The minimum atomic E-state index is -0.250. The van der Waals surface area contributed by atoms with Gasteiger partial charge in [-0.25, -0.2) is 4.39 Å². The zero-order chi connectivity index (χ0) is 11.4. The Balaban J connectivity index is 2.09. The van der Waals surface area contributed by atoms with Gasteiger partial charge in [0, 0.05) is 17.1 Å². The molecule has 2 nitrogen and oxygen atoms in total. The molecule has 0 fully saturated rings. The summed E-state index contributed by atoms with van der Waals surface area (Å²) in [6.45, 7) is 0.469. The molecule has 0 aliphatic carbocycles. The van der Waals surface area contributed by atoms with E-state index in [2.05, 4.69) is 20.9 Å². The second-order valence-corrected chi connectivity index (χ2v) is 4.67. The van der Waals surface area contributed by atoms with E-state index in [1.54, 1.807) is 17.8 Å². The number of hydrogen-bond donors (Lipinski definition) is 0. The molecule has 16 heavy (non-hydrogen) atoms. The van der Waals surface area contributed by atoms with Crippen LogP contribution in [-0.2, 0) is 11.9 Å². The van der Waals surface area contributed by atoms with Gasteiger partial charge < -0.3 is 4.74 Å². The van der Waals surface area contributed by atoms with Crippen LogP contribution < -0.4 is 4.74 Å². The quantitative estimate of drug-likeness (QED) is 0.802. The van der Waals surface area contributed by atoms with Gasteiger partial charge >= 0.3 is 0 Å². The van der Waals surface area contributed by atoms with Gasteiger partial charge in [-0.15, -0.1) is 11.3 Å². The highest BCUT2D eigenvalue weighted by Crippen LogP contribution is 2.23. The number of aromatic nitrogens is 1. The number of ether oxygens (including phenoxy) is 1. The van der Waals surface area contributed by atoms with E-state index in [-0.39, 0.29) is 5.82 Å². The summed E-state index contributed by atoms with van der Waals surface area (Å²) >= 11 is 4.84. The van der Waals surface area contributed by atoms with Crippen LogP contribution in [0, 0.1) is 5.82 Å². The van der Waals surface area contributed by atoms with E-state index in [0.29, 0.717) is 17.7 Å². The van der Waals surface area contributed by atoms with Gasteiger partial charge in [-0.1, -0.05) is 15.9 Å². The highest BCUT2D eigenvalue weighted by atomic mass is 79.9. The first-order chi connectivity index (χ1) is 7.79. The highest BCUT2D eigenvalue weighted by Gasteiger charge is 2.05. The molecular weight excluding hydrogens is 293 g/mol. The Morgan fingerprint density at radius 3 is 3.00 bits per heavy atom. The fourth-order valence-corrected chi connectivity index (χ4v) is 2.20. The molecule has 0 spiro atoms. The van der Waals surface area contributed by atoms with Crippen molar-refractivity contribution in [2.75, 3.05) is 0 Å². The maximum Gasteiger partial charge on any atom is 0.124 e. The third-order valence-corrected chi connectivity index (χ3v) is 3.38. The Morgan fingerprint density at radius 1 is 1.44 bits per heavy atom. The monoisotopic (exact) mass is 301 g/mol. The molecule has 2 aromatic rings. The van der Waals surface area contributed by atoms with Crippen LogP contribution in [0.5, 0.6) is 5.75 Å². The van der Waals surface area contributed by atoms with E-state index < -0.39 is 0 Å². The molecule has 2 rings (SSSR count). The van der Waals surface area contributed by atoms with Crippen molar-refractivity contribution in [3.63, 3.8) is 0 Å². The van der Waals surface area contributed by atoms with Gasteiger partial charge in [0.25, 0.3) is 0 Å². The topological polar surface area (TPSA) is 22.1 Å². The van der Waals surface area contributed by atoms with E-state index >= 15 is 0 Å². The molecule has 0 N–H and O–H groups in total. The van der Waals surface area contributed by atoms with Crippen LogP contribution in [0.3, 0.4) is 0 Å². The second-order valence-electron chi connectivity index (χ2n) is 3.14. The van der Waals surface area contributed by atoms with Crippen LogP contribution in [0.1, 0.15) is 10.4 Å². The fraction of sp³-hybridized carbons (Fsp3) is 0.182. The Kier molecular flexibility index (Phi) is 3.90. The summed E-state index contributed by atoms with van der Waals surface area (Å²) in [7, 11) is 0. The van der Waals surface area contributed by atoms with Gasteiger partial charge in [-0.3, -0.25) is 4.98 Å². The number of rotatable bonds is 4. The molecule has 84 valence electrons. The summed E-state index contributed by atoms with van der Waals surface area (Å²) in [6, 6.07) is 4.51. The predicted molar refractivity (Wildman–Crippen MR) is 65.5 cm³/mol. The van der Waals surface area contributed by atoms with Crippen LogP contribution in [0.4, 0.5) is 4.39 Å². The summed E-state index contributed by atoms with van der Waals surface area (Å²) in [5, 5.41) is 0.572. The summed E-state index contributed by atoms with van der Waals surface area (Å²) in [4.78, 5) is 5.01. The normalized spacial score (nSPS) is 10.4. The Morgan fingerprint density at radius 2 is 2.31 bits per heavy atom. The lowest BCUT2D eigenvalue weighted by atomic mass is 10.2. The minimum absolute atomic E-state index is 0.250. The first-order valence-electron chi connectivity index (χ1n) is 4.64. The van der Waals surface area contributed by atoms with E-state index in [1.165, 1.54) is 23.5 Å². The van der Waals surface area contributed by atoms with Crippen LogP contribution in [0.15, 0.2) is 29.9 Å². The average Bonchev–Trinajstić information content (AvgIpc) is 2.80. The van der Waals surface area contributed by atoms with E-state index in [1.807, 2.05) is 0 Å². The van der Waals surface area contributed by atoms with E-state index in [4.69, 9.17) is 4.74 Å². The zero-order valence-electron chi connectivity index (χ0n) is 8.32. The molecule has 0 atom stereocenters. The molecule has 0 bridgehead atoms. The summed E-state index contributed by atoms with van der Waals surface area (Å²) in [5.41, 5.74) is 2.57. The highest BCUT2D eigenvalue weighted by molar-refractivity contribution is 9.08. The Hall–Kier alpha value is -0.940. The number of benzene rings is 1. The van der Waals surface area contributed by atoms with Crippen molar-refractivity contribution in [1.29, 1.82) is 0 Å². The van der Waals surface area contributed by atoms with Crippen molar-refractivity contribution in [3.05, 3.63) is 46.2 Å². The molecule has 0 radical (unpaired) electrons. The maximum absolute atomic E-state index is 13.0. The summed E-state index contributed by atoms with van der Waals surface area (Å²) in [5.74, 6) is 0.450. The average molecular weight is 302 g/mol. The van der Waals surface area contributed by atoms with Crippen LogP contribution >= 0.6 is 27.3 Å². The SMILES string of the molecule is Fc1ccc(OCc2cncs2)c(CBr)c1. The minimum Gasteiger partial charge on any atom is -0.488 e. The van der Waals surface area contributed by atoms with Gasteiger partial charge in [-0.2, -0.15) is 0 Å². The number of thiazole rings is 1. The molecule has 0 saturated carbocycles. The molecule has 0 amide bonds. The second kappa shape index (κ2) is 5.41. The van der Waals surface area contributed by atoms with Gasteiger partial charge in [0.1, 0.15) is 18.2 Å². The lowest BCUT2D eigenvalue weighted by Crippen LogP contribution is -1.96. The van der Waals surface area contributed by atoms with Crippen molar-refractivity contribution in [1.82, 2.24) is 4.98 Å². The van der Waals surface area contributed by atoms with Crippen LogP contribution in [0.2, 0.25) is 0 Å². The van der Waals surface area contributed by atoms with Crippen molar-refractivity contribution in [2.24, 2.45) is 0 Å². The van der Waals surface area contributed by atoms with Crippen LogP contribution in [0.25, 0.3) is 0 Å². The van der Waals surface area contributed by atoms with Gasteiger partial charge in [0.05, 0.1) is 10.4 Å². The molecule has 0 aliphatic rings. The lowest BCUT2D eigenvalue weighted by molar-refractivity contribution is 0.306. The van der Waals surface area contributed by atoms with Crippen molar-refractivity contribution >= 4 is 27.3 Å². The largest absolute Gasteiger partial charge is 0.488 e. The molecule has 5 heteroatoms. The molecule has 0 unspecified atom stereocenters. The first kappa shape index (κ1) is 11.5. The zero-order valence-corrected chi connectivity index (χ0v) is 10.7. The Bertz CT molecular complexity index is 461. The van der Waals surface area contributed by atoms with Crippen molar-refractivity contribution < 1.29 is 9.13 Å². The number of alkyl halides is 1. The molecule has 1 heterocycles. The smallest absolute Gasteiger partial charge is 0.124 e. The molecule has 1 aromatic heterocycles. The van der Waals surface area contributed by atoms with Crippen LogP contribution in [-0.4, -0.2) is 4.98 Å². The maximum atomic E-state index is 13.0. The van der Waals surface area contributed by atoms with Gasteiger partial charge in [0.15, 0.2) is 0 Å². The third kappa shape index (κ3) is 2.80.